The first kappa shape index (κ1) is 17.0. The summed E-state index contributed by atoms with van der Waals surface area (Å²) in [6, 6.07) is 8.12. The number of benzene rings is 1. The van der Waals surface area contributed by atoms with Crippen LogP contribution in [0.5, 0.6) is 0 Å². The van der Waals surface area contributed by atoms with Crippen LogP contribution in [-0.4, -0.2) is 26.4 Å². The van der Waals surface area contributed by atoms with Crippen LogP contribution < -0.4 is 5.32 Å². The van der Waals surface area contributed by atoms with Crippen molar-refractivity contribution in [2.75, 3.05) is 20.3 Å². The zero-order valence-corrected chi connectivity index (χ0v) is 11.7. The minimum Gasteiger partial charge on any atom is -0.385 e. The van der Waals surface area contributed by atoms with Crippen molar-refractivity contribution in [1.29, 1.82) is 0 Å². The zero-order chi connectivity index (χ0) is 14.8. The Bertz CT molecular complexity index is 354. The molecule has 0 saturated heterocycles. The Morgan fingerprint density at radius 3 is 2.40 bits per heavy atom. The molecule has 0 radical (unpaired) electrons. The lowest BCUT2D eigenvalue weighted by Gasteiger charge is -2.20. The summed E-state index contributed by atoms with van der Waals surface area (Å²) in [5.41, 5.74) is 0.682. The Kier molecular flexibility index (Phi) is 7.62. The second kappa shape index (κ2) is 8.97. The van der Waals surface area contributed by atoms with Gasteiger partial charge in [0, 0.05) is 19.8 Å². The monoisotopic (exact) mass is 289 g/mol. The number of methoxy groups -OCH3 is 1. The predicted molar refractivity (Wildman–Crippen MR) is 73.6 cm³/mol. The highest BCUT2D eigenvalue weighted by molar-refractivity contribution is 5.19. The minimum atomic E-state index is -4.16. The van der Waals surface area contributed by atoms with Crippen molar-refractivity contribution in [1.82, 2.24) is 5.32 Å². The molecule has 0 heterocycles. The minimum absolute atomic E-state index is 0.583. The molecule has 0 aliphatic rings. The molecule has 114 valence electrons. The van der Waals surface area contributed by atoms with Gasteiger partial charge in [0.05, 0.1) is 6.42 Å². The summed E-state index contributed by atoms with van der Waals surface area (Å²) in [5.74, 6) is 0. The molecule has 0 fully saturated rings. The van der Waals surface area contributed by atoms with Gasteiger partial charge >= 0.3 is 6.18 Å². The molecule has 5 heteroatoms. The first-order valence-electron chi connectivity index (χ1n) is 6.87. The number of hydrogen-bond donors (Lipinski definition) is 1. The second-order valence-corrected chi connectivity index (χ2v) is 4.79. The molecule has 0 spiro atoms. The molecule has 1 aromatic carbocycles. The highest BCUT2D eigenvalue weighted by Crippen LogP contribution is 2.29. The highest BCUT2D eigenvalue weighted by Gasteiger charge is 2.32. The van der Waals surface area contributed by atoms with Crippen LogP contribution >= 0.6 is 0 Å². The van der Waals surface area contributed by atoms with Gasteiger partial charge in [-0.1, -0.05) is 30.3 Å². The number of halogens is 3. The number of alkyl halides is 3. The van der Waals surface area contributed by atoms with Gasteiger partial charge in [0.25, 0.3) is 0 Å². The van der Waals surface area contributed by atoms with Gasteiger partial charge in [-0.15, -0.1) is 0 Å². The number of rotatable bonds is 9. The average Bonchev–Trinajstić information content (AvgIpc) is 2.41. The molecule has 1 rings (SSSR count). The summed E-state index contributed by atoms with van der Waals surface area (Å²) in [5, 5.41) is 3.01. The SMILES string of the molecule is COCCCCCNC(CC(F)(F)F)c1ccccc1. The van der Waals surface area contributed by atoms with Crippen LogP contribution in [0.25, 0.3) is 0 Å². The van der Waals surface area contributed by atoms with E-state index >= 15 is 0 Å². The highest BCUT2D eigenvalue weighted by atomic mass is 19.4. The van der Waals surface area contributed by atoms with E-state index in [0.717, 1.165) is 19.3 Å². The summed E-state index contributed by atoms with van der Waals surface area (Å²) in [6.07, 6.45) is -2.26. The molecule has 1 aromatic rings. The Labute approximate surface area is 118 Å². The lowest BCUT2D eigenvalue weighted by molar-refractivity contribution is -0.140. The number of unbranched alkanes of at least 4 members (excludes halogenated alkanes) is 2. The number of hydrogen-bond acceptors (Lipinski definition) is 2. The molecule has 0 aliphatic heterocycles. The van der Waals surface area contributed by atoms with Crippen molar-refractivity contribution < 1.29 is 17.9 Å². The summed E-state index contributed by atoms with van der Waals surface area (Å²) in [7, 11) is 1.65. The van der Waals surface area contributed by atoms with E-state index in [1.807, 2.05) is 0 Å². The van der Waals surface area contributed by atoms with E-state index in [1.54, 1.807) is 37.4 Å². The third-order valence-electron chi connectivity index (χ3n) is 3.05. The largest absolute Gasteiger partial charge is 0.390 e. The quantitative estimate of drug-likeness (QED) is 0.691. The van der Waals surface area contributed by atoms with Gasteiger partial charge in [-0.3, -0.25) is 0 Å². The van der Waals surface area contributed by atoms with Crippen LogP contribution in [0, 0.1) is 0 Å². The smallest absolute Gasteiger partial charge is 0.385 e. The normalized spacial score (nSPS) is 13.4. The van der Waals surface area contributed by atoms with E-state index in [9.17, 15) is 13.2 Å². The van der Waals surface area contributed by atoms with E-state index in [4.69, 9.17) is 4.74 Å². The molecular weight excluding hydrogens is 267 g/mol. The second-order valence-electron chi connectivity index (χ2n) is 4.79. The number of nitrogens with one attached hydrogen (secondary N) is 1. The topological polar surface area (TPSA) is 21.3 Å². The van der Waals surface area contributed by atoms with E-state index < -0.39 is 18.6 Å². The summed E-state index contributed by atoms with van der Waals surface area (Å²) in [4.78, 5) is 0. The maximum Gasteiger partial charge on any atom is 0.390 e. The summed E-state index contributed by atoms with van der Waals surface area (Å²) >= 11 is 0. The van der Waals surface area contributed by atoms with Crippen molar-refractivity contribution in [2.24, 2.45) is 0 Å². The van der Waals surface area contributed by atoms with Crippen molar-refractivity contribution in [3.63, 3.8) is 0 Å². The van der Waals surface area contributed by atoms with Crippen LogP contribution in [0.2, 0.25) is 0 Å². The van der Waals surface area contributed by atoms with Gasteiger partial charge in [0.15, 0.2) is 0 Å². The van der Waals surface area contributed by atoms with Crippen molar-refractivity contribution in [3.05, 3.63) is 35.9 Å². The van der Waals surface area contributed by atoms with Gasteiger partial charge in [-0.25, -0.2) is 0 Å². The third kappa shape index (κ3) is 7.50. The van der Waals surface area contributed by atoms with Gasteiger partial charge in [0.2, 0.25) is 0 Å². The number of ether oxygens (including phenoxy) is 1. The zero-order valence-electron chi connectivity index (χ0n) is 11.7. The Balaban J connectivity index is 2.43. The average molecular weight is 289 g/mol. The molecule has 0 aromatic heterocycles. The maximum atomic E-state index is 12.6. The molecule has 2 nitrogen and oxygen atoms in total. The Morgan fingerprint density at radius 2 is 1.80 bits per heavy atom. The van der Waals surface area contributed by atoms with E-state index in [0.29, 0.717) is 18.7 Å². The molecule has 1 N–H and O–H groups in total. The molecule has 20 heavy (non-hydrogen) atoms. The van der Waals surface area contributed by atoms with Crippen LogP contribution in [-0.2, 0) is 4.74 Å². The van der Waals surface area contributed by atoms with E-state index in [2.05, 4.69) is 5.32 Å². The van der Waals surface area contributed by atoms with Gasteiger partial charge < -0.3 is 10.1 Å². The van der Waals surface area contributed by atoms with Gasteiger partial charge in [-0.2, -0.15) is 13.2 Å². The molecule has 0 bridgehead atoms. The first-order chi connectivity index (χ1) is 9.53. The van der Waals surface area contributed by atoms with Crippen molar-refractivity contribution >= 4 is 0 Å². The van der Waals surface area contributed by atoms with Crippen LogP contribution in [0.15, 0.2) is 30.3 Å². The lowest BCUT2D eigenvalue weighted by atomic mass is 10.0. The fourth-order valence-corrected chi connectivity index (χ4v) is 2.05. The summed E-state index contributed by atoms with van der Waals surface area (Å²) in [6.45, 7) is 1.28. The molecule has 1 atom stereocenters. The van der Waals surface area contributed by atoms with Gasteiger partial charge in [-0.05, 0) is 31.4 Å². The fourth-order valence-electron chi connectivity index (χ4n) is 2.05. The van der Waals surface area contributed by atoms with Crippen LogP contribution in [0.1, 0.15) is 37.3 Å². The lowest BCUT2D eigenvalue weighted by Crippen LogP contribution is -2.27. The van der Waals surface area contributed by atoms with Crippen molar-refractivity contribution in [3.8, 4) is 0 Å². The molecule has 1 unspecified atom stereocenters. The summed E-state index contributed by atoms with van der Waals surface area (Å²) < 4.78 is 42.8. The Hall–Kier alpha value is -1.07. The van der Waals surface area contributed by atoms with E-state index in [-0.39, 0.29) is 0 Å². The Morgan fingerprint density at radius 1 is 1.10 bits per heavy atom. The molecule has 0 aliphatic carbocycles. The first-order valence-corrected chi connectivity index (χ1v) is 6.87. The van der Waals surface area contributed by atoms with Crippen LogP contribution in [0.3, 0.4) is 0 Å². The predicted octanol–water partition coefficient (Wildman–Crippen LogP) is 4.09. The van der Waals surface area contributed by atoms with Crippen LogP contribution in [0.4, 0.5) is 13.2 Å². The molecule has 0 amide bonds. The molecular formula is C15H22F3NO. The van der Waals surface area contributed by atoms with Crippen molar-refractivity contribution in [2.45, 2.75) is 37.9 Å². The standard InChI is InChI=1S/C15H22F3NO/c1-20-11-7-3-6-10-19-14(12-15(16,17)18)13-8-4-2-5-9-13/h2,4-5,8-9,14,19H,3,6-7,10-12H2,1H3. The fraction of sp³-hybridized carbons (Fsp3) is 0.600. The third-order valence-corrected chi connectivity index (χ3v) is 3.05. The van der Waals surface area contributed by atoms with Gasteiger partial charge in [0.1, 0.15) is 0 Å². The van der Waals surface area contributed by atoms with E-state index in [1.165, 1.54) is 0 Å². The maximum absolute atomic E-state index is 12.6. The molecule has 0 saturated carbocycles.